The van der Waals surface area contributed by atoms with E-state index >= 15 is 0 Å². The molecule has 0 atom stereocenters. The maximum absolute atomic E-state index is 13.3. The molecule has 2 aromatic heterocycles. The van der Waals surface area contributed by atoms with Gasteiger partial charge in [0.25, 0.3) is 0 Å². The minimum Gasteiger partial charge on any atom is -0.457 e. The Morgan fingerprint density at radius 2 is 1.79 bits per heavy atom. The van der Waals surface area contributed by atoms with Crippen molar-refractivity contribution < 1.29 is 17.9 Å². The SMILES string of the molecule is CCC(CC)(Cc1nc2ccccc2s1)C(=O)OCc1nnnn1-c1ccc(S(C)(=O)=O)cc1. The summed E-state index contributed by atoms with van der Waals surface area (Å²) in [6.07, 6.45) is 2.86. The first-order valence-electron chi connectivity index (χ1n) is 10.8. The Morgan fingerprint density at radius 3 is 2.44 bits per heavy atom. The van der Waals surface area contributed by atoms with Crippen molar-refractivity contribution in [1.82, 2.24) is 25.2 Å². The number of tetrazole rings is 1. The molecule has 0 spiro atoms. The maximum Gasteiger partial charge on any atom is 0.312 e. The molecule has 0 unspecified atom stereocenters. The van der Waals surface area contributed by atoms with Gasteiger partial charge in [-0.05, 0) is 59.7 Å². The predicted octanol–water partition coefficient (Wildman–Crippen LogP) is 3.77. The molecule has 2 heterocycles. The summed E-state index contributed by atoms with van der Waals surface area (Å²) < 4.78 is 31.6. The summed E-state index contributed by atoms with van der Waals surface area (Å²) >= 11 is 1.59. The van der Waals surface area contributed by atoms with Crippen molar-refractivity contribution in [2.75, 3.05) is 6.26 Å². The summed E-state index contributed by atoms with van der Waals surface area (Å²) in [6, 6.07) is 14.1. The summed E-state index contributed by atoms with van der Waals surface area (Å²) in [4.78, 5) is 18.1. The van der Waals surface area contributed by atoms with Crippen molar-refractivity contribution in [1.29, 1.82) is 0 Å². The number of sulfone groups is 1. The van der Waals surface area contributed by atoms with Crippen molar-refractivity contribution in [3.8, 4) is 5.69 Å². The van der Waals surface area contributed by atoms with Crippen molar-refractivity contribution in [3.05, 3.63) is 59.4 Å². The zero-order valence-electron chi connectivity index (χ0n) is 19.1. The first kappa shape index (κ1) is 24.0. The molecule has 0 bridgehead atoms. The lowest BCUT2D eigenvalue weighted by molar-refractivity contribution is -0.158. The van der Waals surface area contributed by atoms with Gasteiger partial charge in [-0.15, -0.1) is 16.4 Å². The average Bonchev–Trinajstić information content (AvgIpc) is 3.47. The fraction of sp³-hybridized carbons (Fsp3) is 0.348. The Bertz CT molecular complexity index is 1370. The van der Waals surface area contributed by atoms with Crippen molar-refractivity contribution in [2.24, 2.45) is 5.41 Å². The van der Waals surface area contributed by atoms with E-state index in [0.29, 0.717) is 30.8 Å². The zero-order valence-corrected chi connectivity index (χ0v) is 20.8. The number of hydrogen-bond acceptors (Lipinski definition) is 9. The predicted molar refractivity (Wildman–Crippen MR) is 128 cm³/mol. The number of rotatable bonds is 9. The fourth-order valence-electron chi connectivity index (χ4n) is 3.76. The molecule has 0 radical (unpaired) electrons. The van der Waals surface area contributed by atoms with Crippen LogP contribution in [-0.2, 0) is 32.4 Å². The van der Waals surface area contributed by atoms with Crippen LogP contribution in [0.5, 0.6) is 0 Å². The number of thiazole rings is 1. The van der Waals surface area contributed by atoms with Gasteiger partial charge in [-0.1, -0.05) is 26.0 Å². The molecule has 0 aliphatic heterocycles. The largest absolute Gasteiger partial charge is 0.457 e. The van der Waals surface area contributed by atoms with Crippen LogP contribution in [0.4, 0.5) is 0 Å². The standard InChI is InChI=1S/C23H25N5O4S2/c1-4-23(5-2,14-21-24-18-8-6-7-9-19(18)33-21)22(29)32-15-20-25-26-27-28(20)16-10-12-17(13-11-16)34(3,30)31/h6-13H,4-5,14-15H2,1-3H3. The van der Waals surface area contributed by atoms with Gasteiger partial charge in [0.15, 0.2) is 22.3 Å². The molecule has 0 amide bonds. The van der Waals surface area contributed by atoms with E-state index in [1.54, 1.807) is 23.5 Å². The van der Waals surface area contributed by atoms with Gasteiger partial charge in [-0.2, -0.15) is 4.68 Å². The number of carbonyl (C=O) groups is 1. The lowest BCUT2D eigenvalue weighted by atomic mass is 9.79. The van der Waals surface area contributed by atoms with E-state index in [2.05, 4.69) is 15.5 Å². The average molecular weight is 500 g/mol. The van der Waals surface area contributed by atoms with E-state index in [-0.39, 0.29) is 17.5 Å². The Labute approximate surface area is 201 Å². The van der Waals surface area contributed by atoms with Crippen LogP contribution >= 0.6 is 11.3 Å². The highest BCUT2D eigenvalue weighted by molar-refractivity contribution is 7.90. The van der Waals surface area contributed by atoms with Crippen molar-refractivity contribution in [3.63, 3.8) is 0 Å². The number of carbonyl (C=O) groups excluding carboxylic acids is 1. The highest BCUT2D eigenvalue weighted by Crippen LogP contribution is 2.35. The number of para-hydroxylation sites is 1. The third-order valence-corrected chi connectivity index (χ3v) is 8.16. The molecule has 4 rings (SSSR count). The quantitative estimate of drug-likeness (QED) is 0.320. The molecular formula is C23H25N5O4S2. The monoisotopic (exact) mass is 499 g/mol. The van der Waals surface area contributed by atoms with Gasteiger partial charge in [-0.3, -0.25) is 4.79 Å². The second-order valence-corrected chi connectivity index (χ2v) is 11.2. The minimum absolute atomic E-state index is 0.110. The van der Waals surface area contributed by atoms with Gasteiger partial charge in [0.05, 0.1) is 31.2 Å². The summed E-state index contributed by atoms with van der Waals surface area (Å²) in [6.45, 7) is 3.85. The summed E-state index contributed by atoms with van der Waals surface area (Å²) in [5, 5.41) is 12.5. The van der Waals surface area contributed by atoms with E-state index in [1.807, 2.05) is 38.1 Å². The van der Waals surface area contributed by atoms with Gasteiger partial charge in [0, 0.05) is 12.7 Å². The fourth-order valence-corrected chi connectivity index (χ4v) is 5.50. The van der Waals surface area contributed by atoms with Gasteiger partial charge in [0.2, 0.25) is 0 Å². The van der Waals surface area contributed by atoms with Gasteiger partial charge < -0.3 is 4.74 Å². The van der Waals surface area contributed by atoms with Crippen LogP contribution in [0, 0.1) is 5.41 Å². The van der Waals surface area contributed by atoms with E-state index in [4.69, 9.17) is 9.72 Å². The molecule has 2 aromatic carbocycles. The second kappa shape index (κ2) is 9.59. The van der Waals surface area contributed by atoms with Crippen LogP contribution < -0.4 is 0 Å². The minimum atomic E-state index is -3.31. The van der Waals surface area contributed by atoms with Crippen LogP contribution in [-0.4, -0.2) is 45.8 Å². The van der Waals surface area contributed by atoms with Crippen LogP contribution in [0.25, 0.3) is 15.9 Å². The lowest BCUT2D eigenvalue weighted by Gasteiger charge is -2.28. The van der Waals surface area contributed by atoms with Gasteiger partial charge >= 0.3 is 5.97 Å². The van der Waals surface area contributed by atoms with Crippen LogP contribution in [0.1, 0.15) is 37.5 Å². The summed E-state index contributed by atoms with van der Waals surface area (Å²) in [7, 11) is -3.31. The topological polar surface area (TPSA) is 117 Å². The second-order valence-electron chi connectivity index (χ2n) is 8.09. The third kappa shape index (κ3) is 4.85. The first-order valence-corrected chi connectivity index (χ1v) is 13.6. The molecule has 0 saturated carbocycles. The Balaban J connectivity index is 1.50. The normalized spacial score (nSPS) is 12.2. The molecule has 9 nitrogen and oxygen atoms in total. The number of fused-ring (bicyclic) bond motifs is 1. The molecule has 0 fully saturated rings. The molecule has 0 aliphatic rings. The molecule has 0 saturated heterocycles. The molecule has 11 heteroatoms. The molecular weight excluding hydrogens is 474 g/mol. The van der Waals surface area contributed by atoms with Gasteiger partial charge in [-0.25, -0.2) is 13.4 Å². The zero-order chi connectivity index (χ0) is 24.3. The Kier molecular flexibility index (Phi) is 6.76. The molecule has 4 aromatic rings. The molecule has 34 heavy (non-hydrogen) atoms. The van der Waals surface area contributed by atoms with Crippen LogP contribution in [0.15, 0.2) is 53.4 Å². The van der Waals surface area contributed by atoms with E-state index in [9.17, 15) is 13.2 Å². The van der Waals surface area contributed by atoms with Crippen molar-refractivity contribution >= 4 is 37.4 Å². The van der Waals surface area contributed by atoms with Gasteiger partial charge in [0.1, 0.15) is 0 Å². The number of ether oxygens (including phenoxy) is 1. The van der Waals surface area contributed by atoms with Crippen molar-refractivity contribution in [2.45, 2.75) is 44.6 Å². The van der Waals surface area contributed by atoms with E-state index in [1.165, 1.54) is 16.8 Å². The number of benzene rings is 2. The van der Waals surface area contributed by atoms with Crippen LogP contribution in [0.2, 0.25) is 0 Å². The van der Waals surface area contributed by atoms with E-state index < -0.39 is 15.3 Å². The van der Waals surface area contributed by atoms with E-state index in [0.717, 1.165) is 21.5 Å². The number of nitrogens with zero attached hydrogens (tertiary/aromatic N) is 5. The number of esters is 1. The smallest absolute Gasteiger partial charge is 0.312 e. The summed E-state index contributed by atoms with van der Waals surface area (Å²) in [5.41, 5.74) is 0.789. The number of aromatic nitrogens is 5. The van der Waals surface area contributed by atoms with Crippen LogP contribution in [0.3, 0.4) is 0 Å². The molecule has 0 N–H and O–H groups in total. The lowest BCUT2D eigenvalue weighted by Crippen LogP contribution is -2.34. The highest BCUT2D eigenvalue weighted by Gasteiger charge is 2.38. The maximum atomic E-state index is 13.3. The highest BCUT2D eigenvalue weighted by atomic mass is 32.2. The Morgan fingerprint density at radius 1 is 1.09 bits per heavy atom. The summed E-state index contributed by atoms with van der Waals surface area (Å²) in [5.74, 6) is 0.0141. The Hall–Kier alpha value is -3.18. The molecule has 0 aliphatic carbocycles. The third-order valence-electron chi connectivity index (χ3n) is 5.99. The first-order chi connectivity index (χ1) is 16.3. The molecule has 178 valence electrons. The number of hydrogen-bond donors (Lipinski definition) is 0.